The van der Waals surface area contributed by atoms with E-state index in [1.165, 1.54) is 5.56 Å². The smallest absolute Gasteiger partial charge is 0.127 e. The van der Waals surface area contributed by atoms with Crippen LogP contribution >= 0.6 is 15.9 Å². The predicted octanol–water partition coefficient (Wildman–Crippen LogP) is 1.26. The molecule has 2 N–H and O–H groups in total. The Balaban J connectivity index is 1.60. The Morgan fingerprint density at radius 1 is 1.38 bits per heavy atom. The third-order valence-electron chi connectivity index (χ3n) is 3.36. The van der Waals surface area contributed by atoms with E-state index in [-0.39, 0.29) is 6.61 Å². The molecule has 0 atom stereocenters. The van der Waals surface area contributed by atoms with E-state index in [1.807, 2.05) is 6.20 Å². The average molecular weight is 353 g/mol. The summed E-state index contributed by atoms with van der Waals surface area (Å²) in [5, 5.41) is 20.2. The van der Waals surface area contributed by atoms with Crippen molar-refractivity contribution in [1.82, 2.24) is 20.3 Å². The molecule has 1 aromatic carbocycles. The highest BCUT2D eigenvalue weighted by molar-refractivity contribution is 9.10. The van der Waals surface area contributed by atoms with Gasteiger partial charge in [-0.25, -0.2) is 4.68 Å². The van der Waals surface area contributed by atoms with E-state index in [9.17, 15) is 0 Å². The predicted molar refractivity (Wildman–Crippen MR) is 81.0 cm³/mol. The molecule has 112 valence electrons. The third kappa shape index (κ3) is 3.42. The highest BCUT2D eigenvalue weighted by Crippen LogP contribution is 2.32. The number of fused-ring (bicyclic) bond motifs is 1. The molecule has 3 rings (SSSR count). The Labute approximate surface area is 131 Å². The van der Waals surface area contributed by atoms with Crippen molar-refractivity contribution in [1.29, 1.82) is 0 Å². The van der Waals surface area contributed by atoms with Crippen LogP contribution in [0.3, 0.4) is 0 Å². The monoisotopic (exact) mass is 352 g/mol. The van der Waals surface area contributed by atoms with Crippen molar-refractivity contribution >= 4 is 15.9 Å². The summed E-state index contributed by atoms with van der Waals surface area (Å²) in [6.07, 6.45) is 2.81. The van der Waals surface area contributed by atoms with Crippen molar-refractivity contribution in [3.8, 4) is 5.75 Å². The van der Waals surface area contributed by atoms with Crippen LogP contribution in [0.25, 0.3) is 0 Å². The molecule has 0 aliphatic carbocycles. The number of hydrogen-bond acceptors (Lipinski definition) is 5. The molecule has 0 saturated carbocycles. The van der Waals surface area contributed by atoms with Gasteiger partial charge in [-0.2, -0.15) is 0 Å². The topological polar surface area (TPSA) is 72.2 Å². The number of aliphatic hydroxyl groups is 1. The minimum Gasteiger partial charge on any atom is -0.493 e. The largest absolute Gasteiger partial charge is 0.493 e. The van der Waals surface area contributed by atoms with Gasteiger partial charge in [0.1, 0.15) is 5.75 Å². The van der Waals surface area contributed by atoms with Crippen molar-refractivity contribution in [3.63, 3.8) is 0 Å². The summed E-state index contributed by atoms with van der Waals surface area (Å²) in [6.45, 7) is 2.65. The maximum Gasteiger partial charge on any atom is 0.127 e. The van der Waals surface area contributed by atoms with Crippen LogP contribution in [0.4, 0.5) is 0 Å². The molecule has 1 aliphatic heterocycles. The van der Waals surface area contributed by atoms with E-state index in [1.54, 1.807) is 4.68 Å². The highest BCUT2D eigenvalue weighted by atomic mass is 79.9. The van der Waals surface area contributed by atoms with E-state index in [4.69, 9.17) is 9.84 Å². The van der Waals surface area contributed by atoms with Gasteiger partial charge < -0.3 is 15.2 Å². The molecule has 1 aromatic heterocycles. The van der Waals surface area contributed by atoms with Gasteiger partial charge in [-0.05, 0) is 17.7 Å². The third-order valence-corrected chi connectivity index (χ3v) is 3.82. The fraction of sp³-hybridized carbons (Fsp3) is 0.429. The number of rotatable bonds is 6. The summed E-state index contributed by atoms with van der Waals surface area (Å²) >= 11 is 3.54. The van der Waals surface area contributed by atoms with Crippen LogP contribution < -0.4 is 10.1 Å². The summed E-state index contributed by atoms with van der Waals surface area (Å²) in [5.74, 6) is 1.01. The first-order chi connectivity index (χ1) is 10.3. The van der Waals surface area contributed by atoms with E-state index < -0.39 is 0 Å². The van der Waals surface area contributed by atoms with Crippen LogP contribution in [0.15, 0.2) is 22.8 Å². The lowest BCUT2D eigenvalue weighted by Crippen LogP contribution is -2.13. The van der Waals surface area contributed by atoms with Crippen LogP contribution in [0, 0.1) is 0 Å². The number of benzene rings is 1. The Hall–Kier alpha value is -1.44. The van der Waals surface area contributed by atoms with Gasteiger partial charge in [-0.3, -0.25) is 0 Å². The second-order valence-corrected chi connectivity index (χ2v) is 5.87. The Morgan fingerprint density at radius 2 is 2.29 bits per heavy atom. The molecule has 0 bridgehead atoms. The summed E-state index contributed by atoms with van der Waals surface area (Å²) in [6, 6.07) is 4.20. The lowest BCUT2D eigenvalue weighted by atomic mass is 10.1. The molecule has 0 spiro atoms. The lowest BCUT2D eigenvalue weighted by Gasteiger charge is -2.09. The van der Waals surface area contributed by atoms with Crippen molar-refractivity contribution < 1.29 is 9.84 Å². The first-order valence-electron chi connectivity index (χ1n) is 6.91. The molecule has 7 heteroatoms. The molecule has 21 heavy (non-hydrogen) atoms. The second kappa shape index (κ2) is 6.55. The molecule has 0 fully saturated rings. The van der Waals surface area contributed by atoms with Crippen LogP contribution in [-0.4, -0.2) is 33.3 Å². The van der Waals surface area contributed by atoms with Gasteiger partial charge in [0.05, 0.1) is 25.5 Å². The Kier molecular flexibility index (Phi) is 4.52. The molecular weight excluding hydrogens is 336 g/mol. The molecule has 0 unspecified atom stereocenters. The van der Waals surface area contributed by atoms with Gasteiger partial charge in [-0.15, -0.1) is 5.10 Å². The van der Waals surface area contributed by atoms with Crippen molar-refractivity contribution in [2.24, 2.45) is 0 Å². The zero-order valence-electron chi connectivity index (χ0n) is 11.5. The van der Waals surface area contributed by atoms with Gasteiger partial charge in [0, 0.05) is 35.7 Å². The van der Waals surface area contributed by atoms with Gasteiger partial charge in [0.25, 0.3) is 0 Å². The molecule has 2 heterocycles. The highest BCUT2D eigenvalue weighted by Gasteiger charge is 2.17. The van der Waals surface area contributed by atoms with Crippen molar-refractivity contribution in [2.45, 2.75) is 26.1 Å². The zero-order valence-corrected chi connectivity index (χ0v) is 13.1. The van der Waals surface area contributed by atoms with E-state index in [2.05, 4.69) is 43.7 Å². The number of aromatic nitrogens is 3. The molecule has 6 nitrogen and oxygen atoms in total. The Morgan fingerprint density at radius 3 is 3.14 bits per heavy atom. The van der Waals surface area contributed by atoms with Crippen molar-refractivity contribution in [2.75, 3.05) is 13.2 Å². The minimum atomic E-state index is 0.0672. The molecule has 0 saturated heterocycles. The number of aliphatic hydroxyl groups excluding tert-OH is 1. The standard InChI is InChI=1S/C14H17BrN4O2/c15-12-5-10-1-4-21-14(10)11(6-12)7-16-8-13-9-19(2-3-20)18-17-13/h5-6,9,16,20H,1-4,7-8H2. The molecule has 0 radical (unpaired) electrons. The number of hydrogen-bond donors (Lipinski definition) is 2. The average Bonchev–Trinajstić information content (AvgIpc) is 3.08. The maximum absolute atomic E-state index is 8.85. The van der Waals surface area contributed by atoms with Crippen LogP contribution in [0.1, 0.15) is 16.8 Å². The van der Waals surface area contributed by atoms with Crippen LogP contribution in [-0.2, 0) is 26.1 Å². The molecule has 0 amide bonds. The summed E-state index contributed by atoms with van der Waals surface area (Å²) < 4.78 is 8.42. The van der Waals surface area contributed by atoms with Crippen LogP contribution in [0.5, 0.6) is 5.75 Å². The summed E-state index contributed by atoms with van der Waals surface area (Å²) in [4.78, 5) is 0. The van der Waals surface area contributed by atoms with E-state index in [0.29, 0.717) is 19.6 Å². The quantitative estimate of drug-likeness (QED) is 0.818. The summed E-state index contributed by atoms with van der Waals surface area (Å²) in [7, 11) is 0. The van der Waals surface area contributed by atoms with Gasteiger partial charge >= 0.3 is 0 Å². The van der Waals surface area contributed by atoms with E-state index in [0.717, 1.165) is 34.5 Å². The number of nitrogens with zero attached hydrogens (tertiary/aromatic N) is 3. The SMILES string of the molecule is OCCn1cc(CNCc2cc(Br)cc3c2OCC3)nn1. The number of ether oxygens (including phenoxy) is 1. The number of nitrogens with one attached hydrogen (secondary N) is 1. The van der Waals surface area contributed by atoms with Gasteiger partial charge in [0.15, 0.2) is 0 Å². The van der Waals surface area contributed by atoms with Crippen molar-refractivity contribution in [3.05, 3.63) is 39.6 Å². The maximum atomic E-state index is 8.85. The molecule has 2 aromatic rings. The fourth-order valence-corrected chi connectivity index (χ4v) is 2.99. The first-order valence-corrected chi connectivity index (χ1v) is 7.70. The van der Waals surface area contributed by atoms with Gasteiger partial charge in [0.2, 0.25) is 0 Å². The summed E-state index contributed by atoms with van der Waals surface area (Å²) in [5.41, 5.74) is 3.27. The molecular formula is C14H17BrN4O2. The second-order valence-electron chi connectivity index (χ2n) is 4.95. The fourth-order valence-electron chi connectivity index (χ4n) is 2.43. The Bertz CT molecular complexity index is 629. The molecule has 1 aliphatic rings. The van der Waals surface area contributed by atoms with Crippen LogP contribution in [0.2, 0.25) is 0 Å². The zero-order chi connectivity index (χ0) is 14.7. The normalized spacial score (nSPS) is 13.2. The van der Waals surface area contributed by atoms with E-state index >= 15 is 0 Å². The number of halogens is 1. The minimum absolute atomic E-state index is 0.0672. The first kappa shape index (κ1) is 14.5. The van der Waals surface area contributed by atoms with Gasteiger partial charge in [-0.1, -0.05) is 21.1 Å². The lowest BCUT2D eigenvalue weighted by molar-refractivity contribution is 0.268.